The van der Waals surface area contributed by atoms with Crippen LogP contribution in [-0.2, 0) is 156 Å². The molecule has 0 saturated heterocycles. The van der Waals surface area contributed by atoms with Crippen LogP contribution in [0.5, 0.6) is 0 Å². The molecule has 0 aliphatic heterocycles. The first-order valence-corrected chi connectivity index (χ1v) is 26.5. The zero-order chi connectivity index (χ0) is 31.3. The molecule has 0 saturated carbocycles. The molecule has 0 fully saturated rings. The van der Waals surface area contributed by atoms with Gasteiger partial charge in [0.25, 0.3) is 0 Å². The van der Waals surface area contributed by atoms with E-state index >= 15 is 0 Å². The fourth-order valence-corrected chi connectivity index (χ4v) is 9.30. The Morgan fingerprint density at radius 1 is 0.395 bits per heavy atom. The molecule has 0 bridgehead atoms. The normalized spacial score (nSPS) is 11.4. The van der Waals surface area contributed by atoms with E-state index in [2.05, 4.69) is 0 Å². The summed E-state index contributed by atoms with van der Waals surface area (Å²) in [5.41, 5.74) is -9.10. The predicted molar refractivity (Wildman–Crippen MR) is 180 cm³/mol. The van der Waals surface area contributed by atoms with Gasteiger partial charge >= 0.3 is 23.2 Å². The van der Waals surface area contributed by atoms with Crippen molar-refractivity contribution in [3.8, 4) is 0 Å². The zero-order valence-electron chi connectivity index (χ0n) is 22.8. The first-order valence-electron chi connectivity index (χ1n) is 11.1. The minimum atomic E-state index is -2.28. The molecule has 0 aromatic carbocycles. The Balaban J connectivity index is -0.000000124. The van der Waals surface area contributed by atoms with Crippen LogP contribution >= 0.6 is 22.8 Å². The van der Waals surface area contributed by atoms with Crippen LogP contribution in [0.1, 0.15) is 55.4 Å². The quantitative estimate of drug-likeness (QED) is 0.0890. The van der Waals surface area contributed by atoms with E-state index in [1.807, 2.05) is 55.4 Å². The maximum absolute atomic E-state index is 8.26. The van der Waals surface area contributed by atoms with Crippen LogP contribution < -0.4 is 0 Å². The summed E-state index contributed by atoms with van der Waals surface area (Å²) in [6.07, 6.45) is 0. The van der Waals surface area contributed by atoms with Crippen molar-refractivity contribution in [3.05, 3.63) is 0 Å². The van der Waals surface area contributed by atoms with E-state index in [1.165, 1.54) is 0 Å². The van der Waals surface area contributed by atoms with E-state index in [1.54, 1.807) is 0 Å². The van der Waals surface area contributed by atoms with Crippen LogP contribution in [0.15, 0.2) is 0 Å². The van der Waals surface area contributed by atoms with Crippen molar-refractivity contribution in [1.82, 2.24) is 0 Å². The summed E-state index contributed by atoms with van der Waals surface area (Å²) in [7, 11) is 0. The van der Waals surface area contributed by atoms with E-state index in [-0.39, 0.29) is 0 Å². The van der Waals surface area contributed by atoms with Crippen LogP contribution in [0.2, 0.25) is 0 Å². The van der Waals surface area contributed by atoms with Gasteiger partial charge in [-0.25, -0.2) is 0 Å². The van der Waals surface area contributed by atoms with Gasteiger partial charge in [-0.2, -0.15) is 0 Å². The van der Waals surface area contributed by atoms with Gasteiger partial charge in [0, 0.05) is 52.9 Å². The second-order valence-corrected chi connectivity index (χ2v) is 25.1. The number of rotatable bonds is 16. The van der Waals surface area contributed by atoms with Crippen molar-refractivity contribution >= 4 is 119 Å². The monoisotopic (exact) mass is 854 g/mol. The molecule has 0 amide bonds. The van der Waals surface area contributed by atoms with Gasteiger partial charge < -0.3 is 85.2 Å². The molecule has 0 rings (SSSR count). The SMILES string of the molecule is CCOP(=S)([S-])OCC.CCOP(=S)([S-])OCC.CCOP(=S)([S-])OCC.CCOP(=S)([S-])OCC.[O]=[Mo+4]. The summed E-state index contributed by atoms with van der Waals surface area (Å²) in [4.78, 5) is 0. The van der Waals surface area contributed by atoms with Crippen molar-refractivity contribution in [2.45, 2.75) is 55.4 Å². The standard InChI is InChI=1S/4C4H11O2PS2.Mo.O/c4*1-3-5-7(8,9)6-4-2;;/h4*3-4H2,1-2H3,(H,8,9);;/q;;;;+4;/p-4. The Kier molecular flexibility index (Phi) is 46.4. The van der Waals surface area contributed by atoms with Crippen LogP contribution in [-0.4, -0.2) is 52.9 Å². The number of hydrogen-bond acceptors (Lipinski definition) is 17. The van der Waals surface area contributed by atoms with Crippen molar-refractivity contribution in [3.63, 3.8) is 0 Å². The molecular weight excluding hydrogens is 813 g/mol. The van der Waals surface area contributed by atoms with Crippen molar-refractivity contribution in [1.29, 1.82) is 0 Å². The molecule has 0 aromatic rings. The molecule has 232 valence electrons. The Bertz CT molecular complexity index is 564. The number of hydrogen-bond donors (Lipinski definition) is 0. The summed E-state index contributed by atoms with van der Waals surface area (Å²) in [5, 5.41) is 0. The molecule has 0 atom stereocenters. The van der Waals surface area contributed by atoms with Gasteiger partial charge in [0.15, 0.2) is 0 Å². The van der Waals surface area contributed by atoms with Crippen molar-refractivity contribution in [2.24, 2.45) is 0 Å². The molecule has 0 spiro atoms. The maximum atomic E-state index is 8.26. The van der Waals surface area contributed by atoms with Crippen LogP contribution in [0.25, 0.3) is 0 Å². The topological polar surface area (TPSA) is 90.9 Å². The van der Waals surface area contributed by atoms with Gasteiger partial charge in [0.2, 0.25) is 0 Å². The molecule has 22 heteroatoms. The fourth-order valence-electron chi connectivity index (χ4n) is 1.41. The summed E-state index contributed by atoms with van der Waals surface area (Å²) in [6, 6.07) is 0. The van der Waals surface area contributed by atoms with E-state index in [4.69, 9.17) is 136 Å². The van der Waals surface area contributed by atoms with E-state index in [9.17, 15) is 0 Å². The summed E-state index contributed by atoms with van der Waals surface area (Å²) >= 11 is 39.3. The van der Waals surface area contributed by atoms with Crippen LogP contribution in [0.3, 0.4) is 0 Å². The molecule has 0 N–H and O–H groups in total. The predicted octanol–water partition coefficient (Wildman–Crippen LogP) is 7.20. The van der Waals surface area contributed by atoms with Crippen LogP contribution in [0.4, 0.5) is 0 Å². The summed E-state index contributed by atoms with van der Waals surface area (Å²) in [5.74, 6) is 0. The molecule has 0 aliphatic carbocycles. The van der Waals surface area contributed by atoms with Crippen molar-refractivity contribution in [2.75, 3.05) is 52.9 Å². The Morgan fingerprint density at radius 3 is 0.526 bits per heavy atom. The van der Waals surface area contributed by atoms with E-state index in [0.29, 0.717) is 72.6 Å². The van der Waals surface area contributed by atoms with Gasteiger partial charge in [-0.15, -0.1) is 0 Å². The van der Waals surface area contributed by atoms with Gasteiger partial charge in [-0.3, -0.25) is 0 Å². The third-order valence-electron chi connectivity index (χ3n) is 2.30. The summed E-state index contributed by atoms with van der Waals surface area (Å²) < 4.78 is 48.2. The zero-order valence-corrected chi connectivity index (χ0v) is 34.9. The van der Waals surface area contributed by atoms with Gasteiger partial charge in [0.05, 0.1) is 22.8 Å². The third-order valence-corrected chi connectivity index (χ3v) is 12.0. The molecule has 0 aromatic heterocycles. The second kappa shape index (κ2) is 34.0. The van der Waals surface area contributed by atoms with Gasteiger partial charge in [-0.1, -0.05) is 47.2 Å². The summed E-state index contributed by atoms with van der Waals surface area (Å²) in [6.45, 7) is 19.2. The Labute approximate surface area is 283 Å². The fraction of sp³-hybridized carbons (Fsp3) is 1.00. The van der Waals surface area contributed by atoms with Gasteiger partial charge in [0.1, 0.15) is 0 Å². The Morgan fingerprint density at radius 2 is 0.474 bits per heavy atom. The first kappa shape index (κ1) is 51.7. The molecule has 0 radical (unpaired) electrons. The minimum absolute atomic E-state index is 0.542. The molecule has 9 nitrogen and oxygen atoms in total. The molecule has 0 heterocycles. The first-order chi connectivity index (χ1) is 17.5. The molecule has 38 heavy (non-hydrogen) atoms. The third kappa shape index (κ3) is 47.1. The Hall–Kier alpha value is 4.17. The van der Waals surface area contributed by atoms with Crippen molar-refractivity contribution < 1.29 is 59.4 Å². The van der Waals surface area contributed by atoms with Gasteiger partial charge in [-0.05, 0) is 55.4 Å². The average molecular weight is 853 g/mol. The van der Waals surface area contributed by atoms with E-state index in [0.717, 1.165) is 0 Å². The van der Waals surface area contributed by atoms with E-state index < -0.39 is 22.8 Å². The molecule has 0 unspecified atom stereocenters. The molecular formula is C16H40MoO9P4S8. The second-order valence-electron chi connectivity index (χ2n) is 5.13. The van der Waals surface area contributed by atoms with Crippen LogP contribution in [0, 0.1) is 0 Å². The average Bonchev–Trinajstić information content (AvgIpc) is 2.76. The molecule has 0 aliphatic rings.